The highest BCUT2D eigenvalue weighted by molar-refractivity contribution is 7.89. The maximum absolute atomic E-state index is 12.6. The second-order valence-electron chi connectivity index (χ2n) is 4.84. The number of carbonyl (C=O) groups is 1. The number of carbonyl (C=O) groups excluding carboxylic acids is 1. The molecule has 0 amide bonds. The Hall–Kier alpha value is -1.62. The molecule has 0 spiro atoms. The van der Waals surface area contributed by atoms with Crippen molar-refractivity contribution in [1.82, 2.24) is 4.31 Å². The van der Waals surface area contributed by atoms with Crippen LogP contribution in [-0.2, 0) is 14.8 Å². The van der Waals surface area contributed by atoms with E-state index >= 15 is 0 Å². The fraction of sp³-hybridized carbons (Fsp3) is 0.429. The number of nitrogens with zero attached hydrogens (tertiary/aromatic N) is 2. The molecule has 2 rings (SSSR count). The zero-order chi connectivity index (χ0) is 16.2. The minimum Gasteiger partial charge on any atom is -0.447 e. The molecule has 1 aliphatic heterocycles. The highest BCUT2D eigenvalue weighted by atomic mass is 35.5. The first-order chi connectivity index (χ1) is 10.5. The molecule has 22 heavy (non-hydrogen) atoms. The summed E-state index contributed by atoms with van der Waals surface area (Å²) in [4.78, 5) is 11.6. The van der Waals surface area contributed by atoms with Crippen LogP contribution < -0.4 is 0 Å². The monoisotopic (exact) mass is 342 g/mol. The lowest BCUT2D eigenvalue weighted by Gasteiger charge is -2.26. The number of halogens is 1. The van der Waals surface area contributed by atoms with Crippen LogP contribution in [0.5, 0.6) is 0 Å². The van der Waals surface area contributed by atoms with Gasteiger partial charge in [-0.3, -0.25) is 0 Å². The summed E-state index contributed by atoms with van der Waals surface area (Å²) in [6.45, 7) is 0.499. The fourth-order valence-corrected chi connectivity index (χ4v) is 4.27. The first kappa shape index (κ1) is 16.7. The number of rotatable bonds is 4. The second-order valence-corrected chi connectivity index (χ2v) is 7.16. The Balaban J connectivity index is 2.33. The largest absolute Gasteiger partial charge is 0.447 e. The number of nitriles is 1. The zero-order valence-electron chi connectivity index (χ0n) is 11.8. The molecular formula is C14H15ClN2O4S. The summed E-state index contributed by atoms with van der Waals surface area (Å²) in [5.74, 6) is -0.756. The van der Waals surface area contributed by atoms with Crippen molar-refractivity contribution < 1.29 is 17.9 Å². The van der Waals surface area contributed by atoms with E-state index in [9.17, 15) is 13.2 Å². The number of ether oxygens (including phenoxy) is 1. The number of hydrogen-bond acceptors (Lipinski definition) is 5. The number of benzene rings is 1. The molecule has 1 aromatic rings. The molecule has 1 aliphatic rings. The van der Waals surface area contributed by atoms with Crippen molar-refractivity contribution in [2.24, 2.45) is 0 Å². The summed E-state index contributed by atoms with van der Waals surface area (Å²) < 4.78 is 31.3. The van der Waals surface area contributed by atoms with Gasteiger partial charge >= 0.3 is 5.97 Å². The predicted octanol–water partition coefficient (Wildman–Crippen LogP) is 2.19. The van der Waals surface area contributed by atoms with Crippen LogP contribution in [0.4, 0.5) is 0 Å². The van der Waals surface area contributed by atoms with E-state index in [0.717, 1.165) is 19.3 Å². The van der Waals surface area contributed by atoms with Gasteiger partial charge in [0, 0.05) is 13.1 Å². The van der Waals surface area contributed by atoms with Crippen LogP contribution >= 0.6 is 11.6 Å². The van der Waals surface area contributed by atoms with E-state index in [0.29, 0.717) is 13.1 Å². The first-order valence-corrected chi connectivity index (χ1v) is 8.62. The molecule has 0 aliphatic carbocycles. The molecule has 0 aromatic heterocycles. The quantitative estimate of drug-likeness (QED) is 0.783. The van der Waals surface area contributed by atoms with E-state index in [4.69, 9.17) is 16.9 Å². The SMILES string of the molecule is N#CCOC(=O)c1ccc(Cl)c(S(=O)(=O)N2CCCCC2)c1. The van der Waals surface area contributed by atoms with Gasteiger partial charge in [-0.1, -0.05) is 18.0 Å². The van der Waals surface area contributed by atoms with Crippen LogP contribution in [0.25, 0.3) is 0 Å². The molecule has 8 heteroatoms. The van der Waals surface area contributed by atoms with Crippen molar-refractivity contribution in [1.29, 1.82) is 5.26 Å². The van der Waals surface area contributed by atoms with Crippen LogP contribution in [0.1, 0.15) is 29.6 Å². The summed E-state index contributed by atoms with van der Waals surface area (Å²) in [6, 6.07) is 5.60. The Morgan fingerprint density at radius 3 is 2.64 bits per heavy atom. The molecule has 0 saturated carbocycles. The van der Waals surface area contributed by atoms with Crippen LogP contribution in [0.3, 0.4) is 0 Å². The third-order valence-electron chi connectivity index (χ3n) is 3.37. The molecule has 1 aromatic carbocycles. The molecule has 6 nitrogen and oxygen atoms in total. The van der Waals surface area contributed by atoms with E-state index in [-0.39, 0.29) is 15.5 Å². The third kappa shape index (κ3) is 3.58. The fourth-order valence-electron chi connectivity index (χ4n) is 2.25. The summed E-state index contributed by atoms with van der Waals surface area (Å²) in [7, 11) is -3.74. The van der Waals surface area contributed by atoms with Crippen molar-refractivity contribution in [3.63, 3.8) is 0 Å². The Kier molecular flexibility index (Phi) is 5.40. The van der Waals surface area contributed by atoms with E-state index in [1.165, 1.54) is 22.5 Å². The first-order valence-electron chi connectivity index (χ1n) is 6.80. The molecule has 118 valence electrons. The van der Waals surface area contributed by atoms with Gasteiger partial charge < -0.3 is 4.74 Å². The predicted molar refractivity (Wildman–Crippen MR) is 80.0 cm³/mol. The molecule has 1 saturated heterocycles. The minimum absolute atomic E-state index is 0.0511. The molecule has 0 atom stereocenters. The van der Waals surface area contributed by atoms with Crippen LogP contribution in [0.2, 0.25) is 5.02 Å². The normalized spacial score (nSPS) is 16.0. The van der Waals surface area contributed by atoms with Crippen molar-refractivity contribution in [3.05, 3.63) is 28.8 Å². The number of esters is 1. The van der Waals surface area contributed by atoms with Crippen LogP contribution in [-0.4, -0.2) is 38.4 Å². The summed E-state index contributed by atoms with van der Waals surface area (Å²) >= 11 is 6.00. The van der Waals surface area contributed by atoms with E-state index in [1.807, 2.05) is 0 Å². The van der Waals surface area contributed by atoms with Gasteiger partial charge in [-0.15, -0.1) is 0 Å². The Morgan fingerprint density at radius 2 is 2.00 bits per heavy atom. The van der Waals surface area contributed by atoms with Gasteiger partial charge in [0.2, 0.25) is 10.0 Å². The minimum atomic E-state index is -3.74. The van der Waals surface area contributed by atoms with E-state index in [1.54, 1.807) is 6.07 Å². The highest BCUT2D eigenvalue weighted by Crippen LogP contribution is 2.28. The lowest BCUT2D eigenvalue weighted by molar-refractivity contribution is 0.0554. The summed E-state index contributed by atoms with van der Waals surface area (Å²) in [6.07, 6.45) is 2.61. The average Bonchev–Trinajstić information content (AvgIpc) is 2.53. The lowest BCUT2D eigenvalue weighted by Crippen LogP contribution is -2.35. The highest BCUT2D eigenvalue weighted by Gasteiger charge is 2.28. The van der Waals surface area contributed by atoms with Crippen molar-refractivity contribution in [3.8, 4) is 6.07 Å². The Labute approximate surface area is 134 Å². The third-order valence-corrected chi connectivity index (χ3v) is 5.75. The van der Waals surface area contributed by atoms with Crippen molar-refractivity contribution in [2.45, 2.75) is 24.2 Å². The Morgan fingerprint density at radius 1 is 1.32 bits per heavy atom. The lowest BCUT2D eigenvalue weighted by atomic mass is 10.2. The van der Waals surface area contributed by atoms with Gasteiger partial charge in [-0.05, 0) is 31.0 Å². The second kappa shape index (κ2) is 7.09. The average molecular weight is 343 g/mol. The number of hydrogen-bond donors (Lipinski definition) is 0. The molecular weight excluding hydrogens is 328 g/mol. The summed E-state index contributed by atoms with van der Waals surface area (Å²) in [5.41, 5.74) is 0.0511. The summed E-state index contributed by atoms with van der Waals surface area (Å²) in [5, 5.41) is 8.47. The van der Waals surface area contributed by atoms with Gasteiger partial charge in [0.05, 0.1) is 10.6 Å². The topological polar surface area (TPSA) is 87.5 Å². The number of sulfonamides is 1. The molecule has 1 fully saturated rings. The smallest absolute Gasteiger partial charge is 0.339 e. The molecule has 0 bridgehead atoms. The van der Waals surface area contributed by atoms with Gasteiger partial charge in [0.25, 0.3) is 0 Å². The zero-order valence-corrected chi connectivity index (χ0v) is 13.4. The van der Waals surface area contributed by atoms with Crippen LogP contribution in [0.15, 0.2) is 23.1 Å². The van der Waals surface area contributed by atoms with Crippen LogP contribution in [0, 0.1) is 11.3 Å². The maximum atomic E-state index is 12.6. The van der Waals surface area contributed by atoms with Gasteiger partial charge in [-0.2, -0.15) is 9.57 Å². The maximum Gasteiger partial charge on any atom is 0.339 e. The molecule has 0 N–H and O–H groups in total. The van der Waals surface area contributed by atoms with Crippen molar-refractivity contribution in [2.75, 3.05) is 19.7 Å². The number of piperidine rings is 1. The van der Waals surface area contributed by atoms with Gasteiger partial charge in [0.15, 0.2) is 6.61 Å². The Bertz CT molecular complexity index is 706. The van der Waals surface area contributed by atoms with Gasteiger partial charge in [0.1, 0.15) is 11.0 Å². The molecule has 0 radical (unpaired) electrons. The van der Waals surface area contributed by atoms with E-state index < -0.39 is 22.6 Å². The molecule has 0 unspecified atom stereocenters. The van der Waals surface area contributed by atoms with Gasteiger partial charge in [-0.25, -0.2) is 13.2 Å². The molecule has 1 heterocycles. The van der Waals surface area contributed by atoms with E-state index in [2.05, 4.69) is 4.74 Å². The standard InChI is InChI=1S/C14H15ClN2O4S/c15-12-5-4-11(14(18)21-9-6-16)10-13(12)22(19,20)17-7-2-1-3-8-17/h4-5,10H,1-3,7-9H2. The van der Waals surface area contributed by atoms with Crippen molar-refractivity contribution >= 4 is 27.6 Å².